The number of carbonyl (C=O) groups is 1. The van der Waals surface area contributed by atoms with Crippen LogP contribution in [0.5, 0.6) is 0 Å². The Balaban J connectivity index is 2.59. The molecule has 0 atom stereocenters. The van der Waals surface area contributed by atoms with Crippen molar-refractivity contribution in [2.24, 2.45) is 5.73 Å². The van der Waals surface area contributed by atoms with Gasteiger partial charge < -0.3 is 11.1 Å². The maximum Gasteiger partial charge on any atom is 0.234 e. The number of hydrogen-bond acceptors (Lipinski definition) is 3. The zero-order chi connectivity index (χ0) is 12.1. The van der Waals surface area contributed by atoms with Crippen molar-refractivity contribution in [3.8, 4) is 0 Å². The molecule has 0 fully saturated rings. The summed E-state index contributed by atoms with van der Waals surface area (Å²) in [7, 11) is 0. The first kappa shape index (κ1) is 12.4. The summed E-state index contributed by atoms with van der Waals surface area (Å²) in [6.07, 6.45) is 0. The average molecular weight is 245 g/mol. The Hall–Kier alpha value is -1.63. The van der Waals surface area contributed by atoms with Gasteiger partial charge in [0, 0.05) is 6.07 Å². The number of halogens is 2. The molecule has 4 nitrogen and oxygen atoms in total. The van der Waals surface area contributed by atoms with Crippen molar-refractivity contribution in [3.05, 3.63) is 29.8 Å². The summed E-state index contributed by atoms with van der Waals surface area (Å²) >= 11 is 0.820. The maximum atomic E-state index is 13.1. The van der Waals surface area contributed by atoms with Gasteiger partial charge in [-0.25, -0.2) is 8.78 Å². The van der Waals surface area contributed by atoms with E-state index >= 15 is 0 Å². The number of amidine groups is 1. The van der Waals surface area contributed by atoms with Gasteiger partial charge in [0.15, 0.2) is 5.17 Å². The molecule has 0 unspecified atom stereocenters. The van der Waals surface area contributed by atoms with Gasteiger partial charge in [-0.3, -0.25) is 10.2 Å². The fourth-order valence-electron chi connectivity index (χ4n) is 0.920. The predicted octanol–water partition coefficient (Wildman–Crippen LogP) is 1.53. The highest BCUT2D eigenvalue weighted by atomic mass is 32.2. The maximum absolute atomic E-state index is 13.1. The van der Waals surface area contributed by atoms with E-state index in [2.05, 4.69) is 5.32 Å². The average Bonchev–Trinajstić information content (AvgIpc) is 2.19. The van der Waals surface area contributed by atoms with Crippen molar-refractivity contribution in [3.63, 3.8) is 0 Å². The van der Waals surface area contributed by atoms with Crippen molar-refractivity contribution in [2.75, 3.05) is 11.1 Å². The van der Waals surface area contributed by atoms with E-state index in [1.807, 2.05) is 0 Å². The molecule has 0 aromatic heterocycles. The van der Waals surface area contributed by atoms with E-state index < -0.39 is 17.5 Å². The summed E-state index contributed by atoms with van der Waals surface area (Å²) in [6.45, 7) is 0. The van der Waals surface area contributed by atoms with Gasteiger partial charge in [0.25, 0.3) is 0 Å². The van der Waals surface area contributed by atoms with Crippen LogP contribution in [0.4, 0.5) is 14.5 Å². The molecule has 0 bridgehead atoms. The predicted molar refractivity (Wildman–Crippen MR) is 59.4 cm³/mol. The fourth-order valence-corrected chi connectivity index (χ4v) is 1.28. The van der Waals surface area contributed by atoms with Crippen LogP contribution < -0.4 is 11.1 Å². The first-order chi connectivity index (χ1) is 7.49. The van der Waals surface area contributed by atoms with Gasteiger partial charge in [-0.1, -0.05) is 11.8 Å². The van der Waals surface area contributed by atoms with Gasteiger partial charge in [0.2, 0.25) is 5.91 Å². The van der Waals surface area contributed by atoms with Gasteiger partial charge in [0.1, 0.15) is 11.6 Å². The second-order valence-corrected chi connectivity index (χ2v) is 3.84. The number of amides is 1. The van der Waals surface area contributed by atoms with Crippen LogP contribution in [-0.4, -0.2) is 16.8 Å². The van der Waals surface area contributed by atoms with E-state index in [1.165, 1.54) is 0 Å². The largest absolute Gasteiger partial charge is 0.379 e. The number of rotatable bonds is 3. The molecule has 0 aliphatic heterocycles. The van der Waals surface area contributed by atoms with Gasteiger partial charge in [-0.05, 0) is 12.1 Å². The topological polar surface area (TPSA) is 79.0 Å². The van der Waals surface area contributed by atoms with E-state index in [4.69, 9.17) is 11.1 Å². The number of nitrogens with one attached hydrogen (secondary N) is 2. The number of nitrogens with two attached hydrogens (primary N) is 1. The highest BCUT2D eigenvalue weighted by Crippen LogP contribution is 2.15. The van der Waals surface area contributed by atoms with Gasteiger partial charge in [0.05, 0.1) is 11.4 Å². The minimum Gasteiger partial charge on any atom is -0.379 e. The minimum absolute atomic E-state index is 0.0911. The summed E-state index contributed by atoms with van der Waals surface area (Å²) < 4.78 is 25.6. The SMILES string of the molecule is N=C(N)SCC(=O)Nc1ccc(F)cc1F. The Labute approximate surface area is 94.7 Å². The van der Waals surface area contributed by atoms with Gasteiger partial charge in [-0.15, -0.1) is 0 Å². The van der Waals surface area contributed by atoms with E-state index in [0.29, 0.717) is 6.07 Å². The van der Waals surface area contributed by atoms with Crippen LogP contribution >= 0.6 is 11.8 Å². The summed E-state index contributed by atoms with van der Waals surface area (Å²) in [6, 6.07) is 2.84. The highest BCUT2D eigenvalue weighted by molar-refractivity contribution is 8.14. The summed E-state index contributed by atoms with van der Waals surface area (Å²) in [5.41, 5.74) is 4.93. The normalized spacial score (nSPS) is 9.88. The van der Waals surface area contributed by atoms with Gasteiger partial charge in [-0.2, -0.15) is 0 Å². The molecule has 1 rings (SSSR count). The summed E-state index contributed by atoms with van der Waals surface area (Å²) in [5.74, 6) is -2.16. The third-order valence-corrected chi connectivity index (χ3v) is 2.28. The van der Waals surface area contributed by atoms with Crippen LogP contribution in [0.3, 0.4) is 0 Å². The molecule has 1 amide bonds. The Morgan fingerprint density at radius 3 is 2.75 bits per heavy atom. The van der Waals surface area contributed by atoms with Crippen molar-refractivity contribution in [2.45, 2.75) is 0 Å². The minimum atomic E-state index is -0.846. The van der Waals surface area contributed by atoms with Crippen LogP contribution in [0.1, 0.15) is 0 Å². The quantitative estimate of drug-likeness (QED) is 0.558. The first-order valence-corrected chi connectivity index (χ1v) is 5.19. The number of hydrogen-bond donors (Lipinski definition) is 3. The number of benzene rings is 1. The molecule has 0 heterocycles. The van der Waals surface area contributed by atoms with Crippen LogP contribution in [0.25, 0.3) is 0 Å². The number of anilines is 1. The molecular weight excluding hydrogens is 236 g/mol. The van der Waals surface area contributed by atoms with Crippen molar-refractivity contribution >= 4 is 28.5 Å². The Kier molecular flexibility index (Phi) is 4.24. The molecular formula is C9H9F2N3OS. The molecule has 1 aromatic rings. The lowest BCUT2D eigenvalue weighted by Crippen LogP contribution is -2.17. The second-order valence-electron chi connectivity index (χ2n) is 2.83. The lowest BCUT2D eigenvalue weighted by Gasteiger charge is -2.05. The lowest BCUT2D eigenvalue weighted by atomic mass is 10.3. The fraction of sp³-hybridized carbons (Fsp3) is 0.111. The zero-order valence-corrected chi connectivity index (χ0v) is 8.91. The molecule has 4 N–H and O–H groups in total. The number of thioether (sulfide) groups is 1. The van der Waals surface area contributed by atoms with E-state index in [0.717, 1.165) is 23.9 Å². The summed E-state index contributed by atoms with van der Waals surface area (Å²) in [5, 5.41) is 8.91. The van der Waals surface area contributed by atoms with Crippen molar-refractivity contribution in [1.82, 2.24) is 0 Å². The lowest BCUT2D eigenvalue weighted by molar-refractivity contribution is -0.113. The molecule has 0 radical (unpaired) electrons. The molecule has 0 saturated heterocycles. The Morgan fingerprint density at radius 2 is 2.19 bits per heavy atom. The molecule has 0 spiro atoms. The molecule has 86 valence electrons. The van der Waals surface area contributed by atoms with Crippen LogP contribution in [0.2, 0.25) is 0 Å². The van der Waals surface area contributed by atoms with E-state index in [-0.39, 0.29) is 16.6 Å². The van der Waals surface area contributed by atoms with Crippen LogP contribution in [-0.2, 0) is 4.79 Å². The second kappa shape index (κ2) is 5.45. The molecule has 16 heavy (non-hydrogen) atoms. The van der Waals surface area contributed by atoms with Crippen LogP contribution in [0, 0.1) is 17.0 Å². The smallest absolute Gasteiger partial charge is 0.234 e. The zero-order valence-electron chi connectivity index (χ0n) is 8.09. The van der Waals surface area contributed by atoms with E-state index in [9.17, 15) is 13.6 Å². The van der Waals surface area contributed by atoms with Crippen molar-refractivity contribution < 1.29 is 13.6 Å². The Morgan fingerprint density at radius 1 is 1.50 bits per heavy atom. The molecule has 1 aromatic carbocycles. The first-order valence-electron chi connectivity index (χ1n) is 4.21. The highest BCUT2D eigenvalue weighted by Gasteiger charge is 2.08. The van der Waals surface area contributed by atoms with Gasteiger partial charge >= 0.3 is 0 Å². The number of carbonyl (C=O) groups excluding carboxylic acids is 1. The molecule has 0 aliphatic rings. The van der Waals surface area contributed by atoms with Crippen LogP contribution in [0.15, 0.2) is 18.2 Å². The Bertz CT molecular complexity index is 425. The molecule has 7 heteroatoms. The summed E-state index contributed by atoms with van der Waals surface area (Å²) in [4.78, 5) is 11.2. The third-order valence-electron chi connectivity index (χ3n) is 1.56. The molecule has 0 aliphatic carbocycles. The third kappa shape index (κ3) is 3.85. The van der Waals surface area contributed by atoms with Crippen molar-refractivity contribution in [1.29, 1.82) is 5.41 Å². The van der Waals surface area contributed by atoms with E-state index in [1.54, 1.807) is 0 Å². The molecule has 0 saturated carbocycles. The monoisotopic (exact) mass is 245 g/mol. The standard InChI is InChI=1S/C9H9F2N3OS/c10-5-1-2-7(6(11)3-5)14-8(15)4-16-9(12)13/h1-3H,4H2,(H3,12,13)(H,14,15).